The first-order valence-corrected chi connectivity index (χ1v) is 11.1. The number of anilines is 2. The third kappa shape index (κ3) is 4.59. The van der Waals surface area contributed by atoms with Crippen LogP contribution in [0.2, 0.25) is 0 Å². The number of rotatable bonds is 5. The van der Waals surface area contributed by atoms with Crippen molar-refractivity contribution in [2.45, 2.75) is 30.8 Å². The lowest BCUT2D eigenvalue weighted by atomic mass is 10.1. The molecule has 0 spiro atoms. The highest BCUT2D eigenvalue weighted by atomic mass is 79.9. The largest absolute Gasteiger partial charge is 0.495 e. The number of sulfonamides is 1. The van der Waals surface area contributed by atoms with Crippen LogP contribution in [0.25, 0.3) is 0 Å². The Kier molecular flexibility index (Phi) is 6.16. The standard InChI is InChI=1S/C19H23BrFN3O3S/c1-12-10-24(11-13(2)22-12)15-5-6-16(21)17(9-15)23-28(25,26)19-7-4-14(20)8-18(19)27-3/h4-9,12-13,22-23H,10-11H2,1-3H3/t12-,13+. The van der Waals surface area contributed by atoms with Crippen LogP contribution in [0.1, 0.15) is 13.8 Å². The van der Waals surface area contributed by atoms with Gasteiger partial charge in [0.05, 0.1) is 12.8 Å². The Balaban J connectivity index is 1.92. The van der Waals surface area contributed by atoms with Gasteiger partial charge in [-0.25, -0.2) is 12.8 Å². The monoisotopic (exact) mass is 471 g/mol. The molecule has 1 fully saturated rings. The van der Waals surface area contributed by atoms with Gasteiger partial charge in [0.25, 0.3) is 10.0 Å². The molecular formula is C19H23BrFN3O3S. The quantitative estimate of drug-likeness (QED) is 0.697. The molecule has 0 aliphatic carbocycles. The average Bonchev–Trinajstić information content (AvgIpc) is 2.62. The molecule has 0 unspecified atom stereocenters. The maximum absolute atomic E-state index is 14.4. The smallest absolute Gasteiger partial charge is 0.265 e. The van der Waals surface area contributed by atoms with Crippen molar-refractivity contribution in [2.75, 3.05) is 29.8 Å². The van der Waals surface area contributed by atoms with Gasteiger partial charge in [-0.3, -0.25) is 4.72 Å². The number of benzene rings is 2. The Bertz CT molecular complexity index is 961. The van der Waals surface area contributed by atoms with Gasteiger partial charge in [0.2, 0.25) is 0 Å². The molecule has 0 bridgehead atoms. The molecule has 1 aliphatic rings. The van der Waals surface area contributed by atoms with Gasteiger partial charge in [0.1, 0.15) is 16.5 Å². The van der Waals surface area contributed by atoms with Gasteiger partial charge in [-0.05, 0) is 50.2 Å². The maximum Gasteiger partial charge on any atom is 0.265 e. The summed E-state index contributed by atoms with van der Waals surface area (Å²) in [6.45, 7) is 5.66. The number of ether oxygens (including phenoxy) is 1. The highest BCUT2D eigenvalue weighted by Gasteiger charge is 2.24. The summed E-state index contributed by atoms with van der Waals surface area (Å²) in [6, 6.07) is 9.58. The Hall–Kier alpha value is -1.84. The minimum Gasteiger partial charge on any atom is -0.495 e. The Morgan fingerprint density at radius 3 is 2.50 bits per heavy atom. The van der Waals surface area contributed by atoms with Crippen LogP contribution in [0.15, 0.2) is 45.8 Å². The van der Waals surface area contributed by atoms with Gasteiger partial charge in [-0.1, -0.05) is 15.9 Å². The van der Waals surface area contributed by atoms with E-state index in [2.05, 4.69) is 44.7 Å². The van der Waals surface area contributed by atoms with Gasteiger partial charge < -0.3 is 15.0 Å². The maximum atomic E-state index is 14.4. The summed E-state index contributed by atoms with van der Waals surface area (Å²) in [5.41, 5.74) is 0.670. The number of nitrogens with zero attached hydrogens (tertiary/aromatic N) is 1. The first-order valence-electron chi connectivity index (χ1n) is 8.86. The van der Waals surface area contributed by atoms with Crippen molar-refractivity contribution >= 4 is 37.3 Å². The van der Waals surface area contributed by atoms with E-state index in [1.165, 1.54) is 25.3 Å². The highest BCUT2D eigenvalue weighted by molar-refractivity contribution is 9.10. The van der Waals surface area contributed by atoms with Crippen LogP contribution in [-0.4, -0.2) is 40.7 Å². The van der Waals surface area contributed by atoms with Crippen molar-refractivity contribution in [2.24, 2.45) is 0 Å². The number of hydrogen-bond acceptors (Lipinski definition) is 5. The Morgan fingerprint density at radius 1 is 1.18 bits per heavy atom. The second-order valence-electron chi connectivity index (χ2n) is 6.94. The van der Waals surface area contributed by atoms with E-state index in [1.807, 2.05) is 0 Å². The van der Waals surface area contributed by atoms with Gasteiger partial charge in [-0.15, -0.1) is 0 Å². The molecule has 3 rings (SSSR count). The molecule has 1 aliphatic heterocycles. The van der Waals surface area contributed by atoms with Crippen molar-refractivity contribution in [3.63, 3.8) is 0 Å². The van der Waals surface area contributed by atoms with E-state index in [-0.39, 0.29) is 28.4 Å². The summed E-state index contributed by atoms with van der Waals surface area (Å²) in [6.07, 6.45) is 0. The lowest BCUT2D eigenvalue weighted by Gasteiger charge is -2.37. The molecule has 2 aromatic rings. The molecule has 0 radical (unpaired) electrons. The SMILES string of the molecule is COc1cc(Br)ccc1S(=O)(=O)Nc1cc(N2C[C@@H](C)N[C@@H](C)C2)ccc1F. The van der Waals surface area contributed by atoms with Crippen LogP contribution in [0.3, 0.4) is 0 Å². The minimum absolute atomic E-state index is 0.0626. The van der Waals surface area contributed by atoms with E-state index < -0.39 is 15.8 Å². The molecule has 152 valence electrons. The average molecular weight is 472 g/mol. The number of nitrogens with one attached hydrogen (secondary N) is 2. The molecule has 1 heterocycles. The van der Waals surface area contributed by atoms with Crippen LogP contribution in [0, 0.1) is 5.82 Å². The molecule has 6 nitrogen and oxygen atoms in total. The topological polar surface area (TPSA) is 70.7 Å². The van der Waals surface area contributed by atoms with E-state index in [0.717, 1.165) is 18.8 Å². The van der Waals surface area contributed by atoms with Crippen molar-refractivity contribution < 1.29 is 17.5 Å². The fraction of sp³-hybridized carbons (Fsp3) is 0.368. The van der Waals surface area contributed by atoms with Gasteiger partial charge in [0, 0.05) is 35.3 Å². The summed E-state index contributed by atoms with van der Waals surface area (Å²) in [5.74, 6) is -0.470. The van der Waals surface area contributed by atoms with E-state index in [4.69, 9.17) is 4.74 Å². The van der Waals surface area contributed by atoms with E-state index in [9.17, 15) is 12.8 Å². The molecule has 2 aromatic carbocycles. The number of hydrogen-bond donors (Lipinski definition) is 2. The van der Waals surface area contributed by atoms with Crippen LogP contribution >= 0.6 is 15.9 Å². The zero-order valence-corrected chi connectivity index (χ0v) is 18.3. The summed E-state index contributed by atoms with van der Waals surface area (Å²) < 4.78 is 48.3. The van der Waals surface area contributed by atoms with Crippen molar-refractivity contribution in [3.8, 4) is 5.75 Å². The number of halogens is 2. The molecule has 0 amide bonds. The van der Waals surface area contributed by atoms with Crippen LogP contribution in [0.5, 0.6) is 5.75 Å². The minimum atomic E-state index is -4.03. The normalized spacial score (nSPS) is 20.1. The fourth-order valence-electron chi connectivity index (χ4n) is 3.39. The molecule has 28 heavy (non-hydrogen) atoms. The van der Waals surface area contributed by atoms with E-state index in [1.54, 1.807) is 18.2 Å². The zero-order valence-electron chi connectivity index (χ0n) is 15.9. The van der Waals surface area contributed by atoms with Gasteiger partial charge in [-0.2, -0.15) is 0 Å². The van der Waals surface area contributed by atoms with Crippen LogP contribution < -0.4 is 19.7 Å². The lowest BCUT2D eigenvalue weighted by molar-refractivity contribution is 0.402. The number of piperazine rings is 1. The van der Waals surface area contributed by atoms with Crippen molar-refractivity contribution in [3.05, 3.63) is 46.7 Å². The van der Waals surface area contributed by atoms with Crippen molar-refractivity contribution in [1.29, 1.82) is 0 Å². The summed E-state index contributed by atoms with van der Waals surface area (Å²) in [5, 5.41) is 3.44. The van der Waals surface area contributed by atoms with E-state index in [0.29, 0.717) is 4.47 Å². The predicted octanol–water partition coefficient (Wildman–Crippen LogP) is 3.58. The summed E-state index contributed by atoms with van der Waals surface area (Å²) >= 11 is 3.28. The van der Waals surface area contributed by atoms with Crippen molar-refractivity contribution in [1.82, 2.24) is 5.32 Å². The summed E-state index contributed by atoms with van der Waals surface area (Å²) in [7, 11) is -2.65. The fourth-order valence-corrected chi connectivity index (χ4v) is 4.94. The zero-order chi connectivity index (χ0) is 20.5. The highest BCUT2D eigenvalue weighted by Crippen LogP contribution is 2.31. The molecule has 0 saturated carbocycles. The first-order chi connectivity index (χ1) is 13.2. The molecule has 9 heteroatoms. The molecule has 1 saturated heterocycles. The molecular weight excluding hydrogens is 449 g/mol. The molecule has 0 aromatic heterocycles. The molecule has 2 N–H and O–H groups in total. The Morgan fingerprint density at radius 2 is 1.86 bits per heavy atom. The predicted molar refractivity (Wildman–Crippen MR) is 112 cm³/mol. The van der Waals surface area contributed by atoms with Crippen LogP contribution in [-0.2, 0) is 10.0 Å². The molecule has 2 atom stereocenters. The summed E-state index contributed by atoms with van der Waals surface area (Å²) in [4.78, 5) is 2.05. The van der Waals surface area contributed by atoms with E-state index >= 15 is 0 Å². The van der Waals surface area contributed by atoms with Gasteiger partial charge in [0.15, 0.2) is 0 Å². The Labute approximate surface area is 173 Å². The van der Waals surface area contributed by atoms with Gasteiger partial charge >= 0.3 is 0 Å². The third-order valence-corrected chi connectivity index (χ3v) is 6.43. The second kappa shape index (κ2) is 8.26. The second-order valence-corrected chi connectivity index (χ2v) is 9.51. The lowest BCUT2D eigenvalue weighted by Crippen LogP contribution is -2.54. The van der Waals surface area contributed by atoms with Crippen LogP contribution in [0.4, 0.5) is 15.8 Å². The first kappa shape index (κ1) is 20.9. The number of methoxy groups -OCH3 is 1. The third-order valence-electron chi connectivity index (χ3n) is 4.53.